The van der Waals surface area contributed by atoms with Crippen LogP contribution in [0.15, 0.2) is 42.6 Å². The second-order valence-electron chi connectivity index (χ2n) is 8.12. The van der Waals surface area contributed by atoms with Gasteiger partial charge in [-0.2, -0.15) is 0 Å². The van der Waals surface area contributed by atoms with Crippen molar-refractivity contribution in [1.82, 2.24) is 9.47 Å². The minimum Gasteiger partial charge on any atom is -0.385 e. The Labute approximate surface area is 168 Å². The fraction of sp³-hybridized carbons (Fsp3) is 0.500. The zero-order valence-corrected chi connectivity index (χ0v) is 17.6. The summed E-state index contributed by atoms with van der Waals surface area (Å²) in [6.07, 6.45) is 3.41. The van der Waals surface area contributed by atoms with E-state index < -0.39 is 0 Å². The number of hydrogen-bond donors (Lipinski definition) is 0. The summed E-state index contributed by atoms with van der Waals surface area (Å²) in [7, 11) is 1.69. The van der Waals surface area contributed by atoms with Crippen molar-refractivity contribution >= 4 is 17.5 Å². The van der Waals surface area contributed by atoms with Crippen LogP contribution in [0.25, 0.3) is 0 Å². The van der Waals surface area contributed by atoms with Crippen molar-refractivity contribution in [2.24, 2.45) is 5.41 Å². The van der Waals surface area contributed by atoms with E-state index in [0.717, 1.165) is 22.7 Å². The number of benzene rings is 1. The average Bonchev–Trinajstić information content (AvgIpc) is 3.01. The van der Waals surface area contributed by atoms with Gasteiger partial charge in [0.25, 0.3) is 0 Å². The molecule has 4 nitrogen and oxygen atoms in total. The standard InChI is InChI=1S/C22H31ClN2O2/c1-22(2,3)15-21(26)25(13-8-14-27-4)17-19-10-7-12-24(19)16-18-9-5-6-11-20(18)23/h5-7,9-12H,8,13-17H2,1-4H3. The normalized spacial score (nSPS) is 11.6. The van der Waals surface area contributed by atoms with E-state index >= 15 is 0 Å². The molecule has 148 valence electrons. The third-order valence-corrected chi connectivity index (χ3v) is 4.75. The predicted molar refractivity (Wildman–Crippen MR) is 111 cm³/mol. The first-order valence-corrected chi connectivity index (χ1v) is 9.82. The summed E-state index contributed by atoms with van der Waals surface area (Å²) in [5.41, 5.74) is 2.15. The lowest BCUT2D eigenvalue weighted by Crippen LogP contribution is -2.35. The Kier molecular flexibility index (Phi) is 7.93. The van der Waals surface area contributed by atoms with Crippen molar-refractivity contribution in [2.75, 3.05) is 20.3 Å². The summed E-state index contributed by atoms with van der Waals surface area (Å²) >= 11 is 6.32. The number of rotatable bonds is 9. The van der Waals surface area contributed by atoms with Crippen LogP contribution >= 0.6 is 11.6 Å². The van der Waals surface area contributed by atoms with Gasteiger partial charge in [0.2, 0.25) is 5.91 Å². The Bertz CT molecular complexity index is 734. The lowest BCUT2D eigenvalue weighted by atomic mass is 9.91. The molecule has 2 aromatic rings. The molecule has 5 heteroatoms. The first-order chi connectivity index (χ1) is 12.8. The molecule has 0 radical (unpaired) electrons. The summed E-state index contributed by atoms with van der Waals surface area (Å²) in [4.78, 5) is 14.8. The van der Waals surface area contributed by atoms with E-state index in [1.165, 1.54) is 0 Å². The number of halogens is 1. The van der Waals surface area contributed by atoms with Gasteiger partial charge in [0.05, 0.1) is 6.54 Å². The maximum atomic E-state index is 12.9. The number of methoxy groups -OCH3 is 1. The first-order valence-electron chi connectivity index (χ1n) is 9.44. The Balaban J connectivity index is 2.13. The van der Waals surface area contributed by atoms with Gasteiger partial charge >= 0.3 is 0 Å². The van der Waals surface area contributed by atoms with Crippen LogP contribution in [0, 0.1) is 5.41 Å². The van der Waals surface area contributed by atoms with E-state index in [-0.39, 0.29) is 11.3 Å². The monoisotopic (exact) mass is 390 g/mol. The molecule has 0 unspecified atom stereocenters. The van der Waals surface area contributed by atoms with Gasteiger partial charge in [-0.05, 0) is 35.6 Å². The van der Waals surface area contributed by atoms with Gasteiger partial charge in [-0.3, -0.25) is 4.79 Å². The van der Waals surface area contributed by atoms with E-state index in [4.69, 9.17) is 16.3 Å². The molecule has 0 fully saturated rings. The number of aromatic nitrogens is 1. The third-order valence-electron chi connectivity index (χ3n) is 4.39. The molecular formula is C22H31ClN2O2. The molecule has 1 amide bonds. The number of carbonyl (C=O) groups is 1. The van der Waals surface area contributed by atoms with Gasteiger partial charge in [0, 0.05) is 50.1 Å². The molecule has 1 heterocycles. The summed E-state index contributed by atoms with van der Waals surface area (Å²) in [5.74, 6) is 0.184. The highest BCUT2D eigenvalue weighted by Gasteiger charge is 2.22. The van der Waals surface area contributed by atoms with Crippen molar-refractivity contribution in [2.45, 2.75) is 46.7 Å². The molecule has 0 aliphatic heterocycles. The van der Waals surface area contributed by atoms with Crippen LogP contribution in [0.4, 0.5) is 0 Å². The topological polar surface area (TPSA) is 34.5 Å². The van der Waals surface area contributed by atoms with E-state index in [9.17, 15) is 4.79 Å². The molecule has 0 spiro atoms. The zero-order valence-electron chi connectivity index (χ0n) is 16.9. The van der Waals surface area contributed by atoms with Crippen molar-refractivity contribution in [3.8, 4) is 0 Å². The Morgan fingerprint density at radius 2 is 1.93 bits per heavy atom. The van der Waals surface area contributed by atoms with Gasteiger partial charge in [-0.15, -0.1) is 0 Å². The molecule has 0 N–H and O–H groups in total. The molecule has 27 heavy (non-hydrogen) atoms. The Morgan fingerprint density at radius 3 is 2.59 bits per heavy atom. The van der Waals surface area contributed by atoms with E-state index in [1.54, 1.807) is 7.11 Å². The van der Waals surface area contributed by atoms with E-state index in [0.29, 0.717) is 32.7 Å². The minimum atomic E-state index is -0.0316. The minimum absolute atomic E-state index is 0.0316. The number of carbonyl (C=O) groups excluding carboxylic acids is 1. The van der Waals surface area contributed by atoms with Gasteiger partial charge in [-0.1, -0.05) is 50.6 Å². The zero-order chi connectivity index (χ0) is 19.9. The number of ether oxygens (including phenoxy) is 1. The highest BCUT2D eigenvalue weighted by Crippen LogP contribution is 2.22. The SMILES string of the molecule is COCCCN(Cc1cccn1Cc1ccccc1Cl)C(=O)CC(C)(C)C. The van der Waals surface area contributed by atoms with Crippen LogP contribution < -0.4 is 0 Å². The first kappa shape index (κ1) is 21.5. The maximum Gasteiger partial charge on any atom is 0.223 e. The van der Waals surface area contributed by atoms with Crippen LogP contribution in [-0.2, 0) is 22.6 Å². The molecule has 0 saturated heterocycles. The van der Waals surface area contributed by atoms with Gasteiger partial charge < -0.3 is 14.2 Å². The molecule has 0 atom stereocenters. The molecule has 0 bridgehead atoms. The number of nitrogens with zero attached hydrogens (tertiary/aromatic N) is 2. The van der Waals surface area contributed by atoms with Crippen LogP contribution in [0.1, 0.15) is 44.9 Å². The quantitative estimate of drug-likeness (QED) is 0.565. The van der Waals surface area contributed by atoms with Gasteiger partial charge in [0.1, 0.15) is 0 Å². The fourth-order valence-electron chi connectivity index (χ4n) is 3.01. The number of hydrogen-bond acceptors (Lipinski definition) is 2. The van der Waals surface area contributed by atoms with Gasteiger partial charge in [0.15, 0.2) is 0 Å². The fourth-order valence-corrected chi connectivity index (χ4v) is 3.21. The number of amides is 1. The van der Waals surface area contributed by atoms with E-state index in [1.807, 2.05) is 41.4 Å². The highest BCUT2D eigenvalue weighted by atomic mass is 35.5. The molecule has 2 rings (SSSR count). The maximum absolute atomic E-state index is 12.9. The average molecular weight is 391 g/mol. The molecule has 0 aliphatic carbocycles. The van der Waals surface area contributed by atoms with Crippen LogP contribution in [0.3, 0.4) is 0 Å². The second-order valence-corrected chi connectivity index (χ2v) is 8.53. The molecule has 0 aliphatic rings. The predicted octanol–water partition coefficient (Wildman–Crippen LogP) is 4.99. The lowest BCUT2D eigenvalue weighted by Gasteiger charge is -2.27. The Morgan fingerprint density at radius 1 is 1.19 bits per heavy atom. The highest BCUT2D eigenvalue weighted by molar-refractivity contribution is 6.31. The van der Waals surface area contributed by atoms with Crippen LogP contribution in [-0.4, -0.2) is 35.6 Å². The van der Waals surface area contributed by atoms with Crippen molar-refractivity contribution in [3.05, 3.63) is 58.9 Å². The lowest BCUT2D eigenvalue weighted by molar-refractivity contribution is -0.134. The van der Waals surface area contributed by atoms with Crippen LogP contribution in [0.2, 0.25) is 5.02 Å². The summed E-state index contributed by atoms with van der Waals surface area (Å²) in [5, 5.41) is 0.762. The summed E-state index contributed by atoms with van der Waals surface area (Å²) < 4.78 is 7.33. The molecule has 0 saturated carbocycles. The van der Waals surface area contributed by atoms with Crippen LogP contribution in [0.5, 0.6) is 0 Å². The molecular weight excluding hydrogens is 360 g/mol. The largest absolute Gasteiger partial charge is 0.385 e. The van der Waals surface area contributed by atoms with Crippen molar-refractivity contribution in [1.29, 1.82) is 0 Å². The smallest absolute Gasteiger partial charge is 0.223 e. The third kappa shape index (κ3) is 7.04. The summed E-state index contributed by atoms with van der Waals surface area (Å²) in [6, 6.07) is 12.0. The van der Waals surface area contributed by atoms with Gasteiger partial charge in [-0.25, -0.2) is 0 Å². The second kappa shape index (κ2) is 9.95. The van der Waals surface area contributed by atoms with Crippen molar-refractivity contribution < 1.29 is 9.53 Å². The molecule has 1 aromatic heterocycles. The summed E-state index contributed by atoms with van der Waals surface area (Å²) in [6.45, 7) is 8.92. The van der Waals surface area contributed by atoms with E-state index in [2.05, 4.69) is 31.4 Å². The molecule has 1 aromatic carbocycles. The van der Waals surface area contributed by atoms with Crippen molar-refractivity contribution in [3.63, 3.8) is 0 Å². The Hall–Kier alpha value is -1.78.